The summed E-state index contributed by atoms with van der Waals surface area (Å²) < 4.78 is 13.4. The van der Waals surface area contributed by atoms with E-state index in [1.54, 1.807) is 18.5 Å². The SMILES string of the molecule is CC(=CCc1ccccc1F)c1ccncc1. The van der Waals surface area contributed by atoms with Crippen LogP contribution in [0.3, 0.4) is 0 Å². The summed E-state index contributed by atoms with van der Waals surface area (Å²) in [4.78, 5) is 3.97. The first-order chi connectivity index (χ1) is 8.27. The van der Waals surface area contributed by atoms with E-state index in [2.05, 4.69) is 4.98 Å². The van der Waals surface area contributed by atoms with Crippen LogP contribution in [0.1, 0.15) is 18.1 Å². The van der Waals surface area contributed by atoms with Gasteiger partial charge in [-0.1, -0.05) is 24.3 Å². The molecule has 0 atom stereocenters. The molecule has 0 saturated heterocycles. The van der Waals surface area contributed by atoms with E-state index in [-0.39, 0.29) is 5.82 Å². The van der Waals surface area contributed by atoms with E-state index < -0.39 is 0 Å². The third-order valence-corrected chi connectivity index (χ3v) is 2.72. The first-order valence-corrected chi connectivity index (χ1v) is 5.58. The average Bonchev–Trinajstić information content (AvgIpc) is 2.38. The lowest BCUT2D eigenvalue weighted by atomic mass is 10.1. The van der Waals surface area contributed by atoms with Crippen molar-refractivity contribution in [2.75, 3.05) is 0 Å². The summed E-state index contributed by atoms with van der Waals surface area (Å²) in [5, 5.41) is 0. The van der Waals surface area contributed by atoms with E-state index in [9.17, 15) is 4.39 Å². The van der Waals surface area contributed by atoms with Crippen molar-refractivity contribution in [2.24, 2.45) is 0 Å². The smallest absolute Gasteiger partial charge is 0.126 e. The molecule has 0 amide bonds. The highest BCUT2D eigenvalue weighted by Crippen LogP contribution is 2.15. The van der Waals surface area contributed by atoms with Crippen molar-refractivity contribution in [3.8, 4) is 0 Å². The molecule has 17 heavy (non-hydrogen) atoms. The Morgan fingerprint density at radius 1 is 1.18 bits per heavy atom. The number of halogens is 1. The van der Waals surface area contributed by atoms with Gasteiger partial charge in [-0.05, 0) is 48.2 Å². The Balaban J connectivity index is 2.14. The zero-order chi connectivity index (χ0) is 12.1. The van der Waals surface area contributed by atoms with Crippen molar-refractivity contribution < 1.29 is 4.39 Å². The van der Waals surface area contributed by atoms with Gasteiger partial charge in [0.25, 0.3) is 0 Å². The number of pyridine rings is 1. The fourth-order valence-electron chi connectivity index (χ4n) is 1.66. The topological polar surface area (TPSA) is 12.9 Å². The minimum atomic E-state index is -0.147. The number of hydrogen-bond acceptors (Lipinski definition) is 1. The lowest BCUT2D eigenvalue weighted by Crippen LogP contribution is -1.88. The molecule has 2 aromatic rings. The minimum Gasteiger partial charge on any atom is -0.265 e. The van der Waals surface area contributed by atoms with E-state index >= 15 is 0 Å². The number of hydrogen-bond donors (Lipinski definition) is 0. The van der Waals surface area contributed by atoms with Crippen molar-refractivity contribution >= 4 is 5.57 Å². The number of rotatable bonds is 3. The minimum absolute atomic E-state index is 0.147. The number of aromatic nitrogens is 1. The van der Waals surface area contributed by atoms with Crippen LogP contribution in [0.4, 0.5) is 4.39 Å². The van der Waals surface area contributed by atoms with E-state index in [1.165, 1.54) is 6.07 Å². The van der Waals surface area contributed by atoms with Crippen LogP contribution in [-0.4, -0.2) is 4.98 Å². The summed E-state index contributed by atoms with van der Waals surface area (Å²) in [7, 11) is 0. The molecule has 0 aliphatic heterocycles. The molecule has 0 spiro atoms. The molecule has 0 radical (unpaired) electrons. The molecule has 0 saturated carbocycles. The Labute approximate surface area is 101 Å². The Hall–Kier alpha value is -1.96. The van der Waals surface area contributed by atoms with Gasteiger partial charge in [0.05, 0.1) is 0 Å². The largest absolute Gasteiger partial charge is 0.265 e. The highest BCUT2D eigenvalue weighted by molar-refractivity contribution is 5.63. The first-order valence-electron chi connectivity index (χ1n) is 5.58. The van der Waals surface area contributed by atoms with Crippen LogP contribution >= 0.6 is 0 Å². The molecule has 1 nitrogen and oxygen atoms in total. The molecule has 0 unspecified atom stereocenters. The second-order valence-corrected chi connectivity index (χ2v) is 3.92. The summed E-state index contributed by atoms with van der Waals surface area (Å²) in [6, 6.07) is 10.8. The van der Waals surface area contributed by atoms with Crippen molar-refractivity contribution in [1.82, 2.24) is 4.98 Å². The molecule has 1 heterocycles. The van der Waals surface area contributed by atoms with Gasteiger partial charge >= 0.3 is 0 Å². The maximum atomic E-state index is 13.4. The number of nitrogens with zero attached hydrogens (tertiary/aromatic N) is 1. The second-order valence-electron chi connectivity index (χ2n) is 3.92. The summed E-state index contributed by atoms with van der Waals surface area (Å²) in [6.07, 6.45) is 6.17. The normalized spacial score (nSPS) is 11.5. The van der Waals surface area contributed by atoms with Crippen LogP contribution in [0.2, 0.25) is 0 Å². The second kappa shape index (κ2) is 5.39. The van der Waals surface area contributed by atoms with Gasteiger partial charge in [0.15, 0.2) is 0 Å². The van der Waals surface area contributed by atoms with Gasteiger partial charge in [0.1, 0.15) is 5.82 Å². The molecule has 0 aliphatic rings. The molecule has 0 bridgehead atoms. The van der Waals surface area contributed by atoms with Crippen LogP contribution in [0.25, 0.3) is 5.57 Å². The third-order valence-electron chi connectivity index (χ3n) is 2.72. The molecule has 1 aromatic carbocycles. The maximum absolute atomic E-state index is 13.4. The van der Waals surface area contributed by atoms with E-state index in [0.717, 1.165) is 16.7 Å². The van der Waals surface area contributed by atoms with E-state index in [1.807, 2.05) is 37.3 Å². The zero-order valence-corrected chi connectivity index (χ0v) is 9.73. The molecule has 0 N–H and O–H groups in total. The average molecular weight is 227 g/mol. The van der Waals surface area contributed by atoms with Gasteiger partial charge in [-0.2, -0.15) is 0 Å². The lowest BCUT2D eigenvalue weighted by molar-refractivity contribution is 0.615. The molecule has 0 aliphatic carbocycles. The lowest BCUT2D eigenvalue weighted by Gasteiger charge is -2.02. The third kappa shape index (κ3) is 3.00. The molecule has 1 aromatic heterocycles. The summed E-state index contributed by atoms with van der Waals surface area (Å²) >= 11 is 0. The van der Waals surface area contributed by atoms with Crippen LogP contribution in [0, 0.1) is 5.82 Å². The standard InChI is InChI=1S/C15H14FN/c1-12(13-8-10-17-11-9-13)6-7-14-4-2-3-5-15(14)16/h2-6,8-11H,7H2,1H3. The fraction of sp³-hybridized carbons (Fsp3) is 0.133. The van der Waals surface area contributed by atoms with Crippen molar-refractivity contribution in [3.63, 3.8) is 0 Å². The van der Waals surface area contributed by atoms with E-state index in [4.69, 9.17) is 0 Å². The zero-order valence-electron chi connectivity index (χ0n) is 9.73. The predicted octanol–water partition coefficient (Wildman–Crippen LogP) is 3.87. The van der Waals surface area contributed by atoms with Crippen LogP contribution in [0.15, 0.2) is 54.9 Å². The molecule has 2 heteroatoms. The van der Waals surface area contributed by atoms with Gasteiger partial charge in [-0.25, -0.2) is 4.39 Å². The number of allylic oxidation sites excluding steroid dienone is 2. The number of benzene rings is 1. The van der Waals surface area contributed by atoms with Gasteiger partial charge in [-0.15, -0.1) is 0 Å². The van der Waals surface area contributed by atoms with E-state index in [0.29, 0.717) is 6.42 Å². The van der Waals surface area contributed by atoms with Gasteiger partial charge < -0.3 is 0 Å². The van der Waals surface area contributed by atoms with Crippen LogP contribution < -0.4 is 0 Å². The fourth-order valence-corrected chi connectivity index (χ4v) is 1.66. The highest BCUT2D eigenvalue weighted by Gasteiger charge is 1.99. The molecule has 86 valence electrons. The maximum Gasteiger partial charge on any atom is 0.126 e. The summed E-state index contributed by atoms with van der Waals surface area (Å²) in [6.45, 7) is 2.02. The van der Waals surface area contributed by atoms with Crippen molar-refractivity contribution in [1.29, 1.82) is 0 Å². The highest BCUT2D eigenvalue weighted by atomic mass is 19.1. The predicted molar refractivity (Wildman–Crippen MR) is 68.0 cm³/mol. The van der Waals surface area contributed by atoms with Crippen LogP contribution in [-0.2, 0) is 6.42 Å². The molecule has 2 rings (SSSR count). The monoisotopic (exact) mass is 227 g/mol. The van der Waals surface area contributed by atoms with Crippen molar-refractivity contribution in [3.05, 3.63) is 71.8 Å². The summed E-state index contributed by atoms with van der Waals surface area (Å²) in [5.74, 6) is -0.147. The van der Waals surface area contributed by atoms with Crippen LogP contribution in [0.5, 0.6) is 0 Å². The Kier molecular flexibility index (Phi) is 3.66. The van der Waals surface area contributed by atoms with Gasteiger partial charge in [0, 0.05) is 12.4 Å². The first kappa shape index (κ1) is 11.5. The molecule has 0 fully saturated rings. The quantitative estimate of drug-likeness (QED) is 0.775. The Bertz CT molecular complexity index is 517. The Morgan fingerprint density at radius 2 is 1.88 bits per heavy atom. The molecular formula is C15H14FN. The van der Waals surface area contributed by atoms with Gasteiger partial charge in [0.2, 0.25) is 0 Å². The summed E-state index contributed by atoms with van der Waals surface area (Å²) in [5.41, 5.74) is 2.98. The van der Waals surface area contributed by atoms with Gasteiger partial charge in [-0.3, -0.25) is 4.98 Å². The Morgan fingerprint density at radius 3 is 2.59 bits per heavy atom. The van der Waals surface area contributed by atoms with Crippen molar-refractivity contribution in [2.45, 2.75) is 13.3 Å². The molecular weight excluding hydrogens is 213 g/mol.